The second kappa shape index (κ2) is 7.36. The maximum Gasteiger partial charge on any atom is 0.128 e. The number of aliphatic hydroxyl groups is 1. The highest BCUT2D eigenvalue weighted by Gasteiger charge is 2.19. The Hall–Kier alpha value is -0.450. The molecule has 4 heteroatoms. The summed E-state index contributed by atoms with van der Waals surface area (Å²) in [4.78, 5) is 0. The Balaban J connectivity index is 2.59. The smallest absolute Gasteiger partial charge is 0.128 e. The van der Waals surface area contributed by atoms with Crippen molar-refractivity contribution < 1.29 is 9.50 Å². The van der Waals surface area contributed by atoms with Crippen LogP contribution in [0, 0.1) is 11.2 Å². The lowest BCUT2D eigenvalue weighted by atomic mass is 9.87. The minimum atomic E-state index is -0.184. The lowest BCUT2D eigenvalue weighted by Crippen LogP contribution is -2.31. The molecule has 0 bridgehead atoms. The van der Waals surface area contributed by atoms with Crippen LogP contribution in [0.15, 0.2) is 22.7 Å². The Morgan fingerprint density at radius 3 is 2.74 bits per heavy atom. The lowest BCUT2D eigenvalue weighted by molar-refractivity contribution is 0.232. The summed E-state index contributed by atoms with van der Waals surface area (Å²) >= 11 is 3.37. The summed E-state index contributed by atoms with van der Waals surface area (Å²) in [6.07, 6.45) is 1.75. The van der Waals surface area contributed by atoms with Crippen molar-refractivity contribution >= 4 is 15.9 Å². The summed E-state index contributed by atoms with van der Waals surface area (Å²) in [5.41, 5.74) is 0.770. The van der Waals surface area contributed by atoms with Crippen molar-refractivity contribution in [3.8, 4) is 0 Å². The van der Waals surface area contributed by atoms with Crippen LogP contribution in [-0.2, 0) is 0 Å². The molecule has 1 unspecified atom stereocenters. The second-order valence-electron chi connectivity index (χ2n) is 5.76. The molecule has 1 aromatic rings. The molecule has 2 nitrogen and oxygen atoms in total. The van der Waals surface area contributed by atoms with Gasteiger partial charge in [-0.05, 0) is 43.4 Å². The van der Waals surface area contributed by atoms with Crippen LogP contribution in [0.5, 0.6) is 0 Å². The molecule has 2 N–H and O–H groups in total. The van der Waals surface area contributed by atoms with Gasteiger partial charge in [0.1, 0.15) is 5.82 Å². The molecule has 0 radical (unpaired) electrons. The van der Waals surface area contributed by atoms with Gasteiger partial charge in [-0.1, -0.05) is 29.8 Å². The number of rotatable bonds is 7. The van der Waals surface area contributed by atoms with Crippen molar-refractivity contribution in [2.75, 3.05) is 13.2 Å². The third-order valence-electron chi connectivity index (χ3n) is 3.32. The fourth-order valence-electron chi connectivity index (χ4n) is 2.03. The van der Waals surface area contributed by atoms with Gasteiger partial charge in [0.15, 0.2) is 0 Å². The van der Waals surface area contributed by atoms with E-state index in [1.54, 1.807) is 6.07 Å². The molecule has 108 valence electrons. The maximum atomic E-state index is 13.7. The van der Waals surface area contributed by atoms with E-state index >= 15 is 0 Å². The molecule has 0 fully saturated rings. The van der Waals surface area contributed by atoms with Crippen LogP contribution < -0.4 is 5.32 Å². The molecule has 0 spiro atoms. The average molecular weight is 332 g/mol. The molecule has 0 saturated heterocycles. The summed E-state index contributed by atoms with van der Waals surface area (Å²) < 4.78 is 14.6. The first-order valence-corrected chi connectivity index (χ1v) is 7.44. The number of benzene rings is 1. The first kappa shape index (κ1) is 16.6. The molecule has 0 heterocycles. The Kier molecular flexibility index (Phi) is 6.43. The molecular formula is C15H23BrFNO. The van der Waals surface area contributed by atoms with Gasteiger partial charge < -0.3 is 10.4 Å². The van der Waals surface area contributed by atoms with Crippen LogP contribution in [0.25, 0.3) is 0 Å². The minimum Gasteiger partial charge on any atom is -0.396 e. The van der Waals surface area contributed by atoms with E-state index in [1.165, 1.54) is 6.07 Å². The van der Waals surface area contributed by atoms with Gasteiger partial charge in [0.2, 0.25) is 0 Å². The van der Waals surface area contributed by atoms with Gasteiger partial charge in [-0.3, -0.25) is 0 Å². The molecule has 1 atom stereocenters. The SMILES string of the molecule is CC(NCC(C)(C)CCCO)c1cc(Br)ccc1F. The van der Waals surface area contributed by atoms with Gasteiger partial charge in [-0.15, -0.1) is 0 Å². The van der Waals surface area contributed by atoms with Crippen molar-refractivity contribution in [2.45, 2.75) is 39.7 Å². The van der Waals surface area contributed by atoms with Crippen molar-refractivity contribution in [2.24, 2.45) is 5.41 Å². The van der Waals surface area contributed by atoms with E-state index in [0.717, 1.165) is 23.9 Å². The topological polar surface area (TPSA) is 32.3 Å². The quantitative estimate of drug-likeness (QED) is 0.790. The molecule has 1 aromatic carbocycles. The molecule has 0 saturated carbocycles. The summed E-state index contributed by atoms with van der Waals surface area (Å²) in [6, 6.07) is 4.96. The fraction of sp³-hybridized carbons (Fsp3) is 0.600. The van der Waals surface area contributed by atoms with E-state index < -0.39 is 0 Å². The summed E-state index contributed by atoms with van der Waals surface area (Å²) in [6.45, 7) is 7.28. The highest BCUT2D eigenvalue weighted by molar-refractivity contribution is 9.10. The van der Waals surface area contributed by atoms with Gasteiger partial charge in [-0.25, -0.2) is 4.39 Å². The first-order valence-electron chi connectivity index (χ1n) is 6.65. The zero-order valence-corrected chi connectivity index (χ0v) is 13.4. The van der Waals surface area contributed by atoms with Gasteiger partial charge in [-0.2, -0.15) is 0 Å². The Morgan fingerprint density at radius 2 is 2.11 bits per heavy atom. The fourth-order valence-corrected chi connectivity index (χ4v) is 2.41. The van der Waals surface area contributed by atoms with Crippen LogP contribution in [0.4, 0.5) is 4.39 Å². The van der Waals surface area contributed by atoms with Crippen LogP contribution >= 0.6 is 15.9 Å². The largest absolute Gasteiger partial charge is 0.396 e. The minimum absolute atomic E-state index is 0.0362. The predicted molar refractivity (Wildman–Crippen MR) is 80.6 cm³/mol. The number of halogens is 2. The molecular weight excluding hydrogens is 309 g/mol. The van der Waals surface area contributed by atoms with Crippen LogP contribution in [-0.4, -0.2) is 18.3 Å². The Bertz CT molecular complexity index is 409. The first-order chi connectivity index (χ1) is 8.85. The third-order valence-corrected chi connectivity index (χ3v) is 3.82. The number of hydrogen-bond donors (Lipinski definition) is 2. The van der Waals surface area contributed by atoms with E-state index in [4.69, 9.17) is 5.11 Å². The van der Waals surface area contributed by atoms with Crippen molar-refractivity contribution in [1.29, 1.82) is 0 Å². The molecule has 0 aliphatic rings. The van der Waals surface area contributed by atoms with E-state index in [-0.39, 0.29) is 23.9 Å². The molecule has 0 aliphatic carbocycles. The van der Waals surface area contributed by atoms with Crippen molar-refractivity contribution in [1.82, 2.24) is 5.32 Å². The van der Waals surface area contributed by atoms with Crippen LogP contribution in [0.1, 0.15) is 45.2 Å². The maximum absolute atomic E-state index is 13.7. The number of nitrogens with one attached hydrogen (secondary N) is 1. The van der Waals surface area contributed by atoms with E-state index in [2.05, 4.69) is 35.1 Å². The van der Waals surface area contributed by atoms with Gasteiger partial charge in [0, 0.05) is 29.2 Å². The number of hydrogen-bond acceptors (Lipinski definition) is 2. The molecule has 0 amide bonds. The monoisotopic (exact) mass is 331 g/mol. The van der Waals surface area contributed by atoms with Gasteiger partial charge >= 0.3 is 0 Å². The van der Waals surface area contributed by atoms with Gasteiger partial charge in [0.05, 0.1) is 0 Å². The summed E-state index contributed by atoms with van der Waals surface area (Å²) in [5, 5.41) is 12.3. The van der Waals surface area contributed by atoms with Crippen molar-refractivity contribution in [3.63, 3.8) is 0 Å². The standard InChI is InChI=1S/C15H23BrFNO/c1-11(13-9-12(16)5-6-14(13)17)18-10-15(2,3)7-4-8-19/h5-6,9,11,18-19H,4,7-8,10H2,1-3H3. The van der Waals surface area contributed by atoms with Crippen molar-refractivity contribution in [3.05, 3.63) is 34.1 Å². The van der Waals surface area contributed by atoms with Crippen LogP contribution in [0.2, 0.25) is 0 Å². The Morgan fingerprint density at radius 1 is 1.42 bits per heavy atom. The highest BCUT2D eigenvalue weighted by atomic mass is 79.9. The Labute approximate surface area is 123 Å². The summed E-state index contributed by atoms with van der Waals surface area (Å²) in [5.74, 6) is -0.184. The zero-order valence-electron chi connectivity index (χ0n) is 11.8. The molecule has 1 rings (SSSR count). The second-order valence-corrected chi connectivity index (χ2v) is 6.68. The highest BCUT2D eigenvalue weighted by Crippen LogP contribution is 2.25. The zero-order chi connectivity index (χ0) is 14.5. The van der Waals surface area contributed by atoms with E-state index in [9.17, 15) is 4.39 Å². The number of aliphatic hydroxyl groups excluding tert-OH is 1. The van der Waals surface area contributed by atoms with E-state index in [0.29, 0.717) is 5.56 Å². The molecule has 0 aliphatic heterocycles. The predicted octanol–water partition coefficient (Wildman–Crippen LogP) is 4.04. The summed E-state index contributed by atoms with van der Waals surface area (Å²) in [7, 11) is 0. The van der Waals surface area contributed by atoms with Gasteiger partial charge in [0.25, 0.3) is 0 Å². The lowest BCUT2D eigenvalue weighted by Gasteiger charge is -2.27. The molecule has 0 aromatic heterocycles. The van der Waals surface area contributed by atoms with E-state index in [1.807, 2.05) is 13.0 Å². The van der Waals surface area contributed by atoms with Crippen LogP contribution in [0.3, 0.4) is 0 Å². The average Bonchev–Trinajstić information content (AvgIpc) is 2.36. The normalized spacial score (nSPS) is 13.6. The third kappa shape index (κ3) is 5.59. The molecule has 19 heavy (non-hydrogen) atoms.